The maximum absolute atomic E-state index is 12.0. The maximum Gasteiger partial charge on any atom is 0.309 e. The lowest BCUT2D eigenvalue weighted by Gasteiger charge is -2.19. The monoisotopic (exact) mass is 281 g/mol. The standard InChI is InChI=1S/C15H23NO4/c1-4-15(10(2)3)9-11(15)14(19)20-8-7-16-12(17)5-6-13(16)18/h10-11H,4-9H2,1-3H3. The van der Waals surface area contributed by atoms with Gasteiger partial charge in [0.05, 0.1) is 12.5 Å². The minimum Gasteiger partial charge on any atom is -0.464 e. The Bertz CT molecular complexity index is 416. The summed E-state index contributed by atoms with van der Waals surface area (Å²) < 4.78 is 5.25. The average Bonchev–Trinajstić information content (AvgIpc) is 3.09. The summed E-state index contributed by atoms with van der Waals surface area (Å²) in [6.45, 7) is 6.69. The van der Waals surface area contributed by atoms with Crippen LogP contribution in [-0.4, -0.2) is 35.8 Å². The van der Waals surface area contributed by atoms with Crippen molar-refractivity contribution in [2.45, 2.75) is 46.5 Å². The summed E-state index contributed by atoms with van der Waals surface area (Å²) in [6.07, 6.45) is 2.43. The molecule has 1 heterocycles. The molecule has 2 aliphatic rings. The van der Waals surface area contributed by atoms with Crippen LogP contribution in [0.15, 0.2) is 0 Å². The summed E-state index contributed by atoms with van der Waals surface area (Å²) in [6, 6.07) is 0. The summed E-state index contributed by atoms with van der Waals surface area (Å²) in [4.78, 5) is 36.0. The maximum atomic E-state index is 12.0. The molecule has 2 amide bonds. The molecule has 1 saturated carbocycles. The van der Waals surface area contributed by atoms with Gasteiger partial charge in [0.2, 0.25) is 11.8 Å². The Morgan fingerprint density at radius 3 is 2.40 bits per heavy atom. The Morgan fingerprint density at radius 2 is 1.95 bits per heavy atom. The Balaban J connectivity index is 1.77. The number of esters is 1. The van der Waals surface area contributed by atoms with Crippen molar-refractivity contribution < 1.29 is 19.1 Å². The van der Waals surface area contributed by atoms with Crippen LogP contribution in [0, 0.1) is 17.3 Å². The molecule has 112 valence electrons. The van der Waals surface area contributed by atoms with Gasteiger partial charge in [0.1, 0.15) is 6.61 Å². The number of hydrogen-bond donors (Lipinski definition) is 0. The van der Waals surface area contributed by atoms with Crippen molar-refractivity contribution >= 4 is 17.8 Å². The van der Waals surface area contributed by atoms with Crippen LogP contribution in [0.1, 0.15) is 46.5 Å². The van der Waals surface area contributed by atoms with Gasteiger partial charge in [0, 0.05) is 12.8 Å². The largest absolute Gasteiger partial charge is 0.464 e. The molecule has 1 aliphatic heterocycles. The molecule has 0 radical (unpaired) electrons. The Hall–Kier alpha value is -1.39. The molecule has 0 aromatic rings. The zero-order valence-corrected chi connectivity index (χ0v) is 12.5. The van der Waals surface area contributed by atoms with E-state index < -0.39 is 0 Å². The van der Waals surface area contributed by atoms with E-state index in [1.165, 1.54) is 4.90 Å². The van der Waals surface area contributed by atoms with Crippen molar-refractivity contribution in [3.63, 3.8) is 0 Å². The number of likely N-dealkylation sites (tertiary alicyclic amines) is 1. The van der Waals surface area contributed by atoms with Gasteiger partial charge in [-0.05, 0) is 24.2 Å². The Labute approximate surface area is 119 Å². The molecule has 2 rings (SSSR count). The normalized spacial score (nSPS) is 29.2. The van der Waals surface area contributed by atoms with Gasteiger partial charge in [-0.15, -0.1) is 0 Å². The van der Waals surface area contributed by atoms with Crippen molar-refractivity contribution in [1.29, 1.82) is 0 Å². The molecular formula is C15H23NO4. The lowest BCUT2D eigenvalue weighted by atomic mass is 9.87. The molecule has 1 saturated heterocycles. The summed E-state index contributed by atoms with van der Waals surface area (Å²) in [5.41, 5.74) is 0.0936. The number of carbonyl (C=O) groups excluding carboxylic acids is 3. The minimum absolute atomic E-state index is 0.0162. The van der Waals surface area contributed by atoms with Gasteiger partial charge in [-0.2, -0.15) is 0 Å². The van der Waals surface area contributed by atoms with E-state index in [0.29, 0.717) is 5.92 Å². The number of carbonyl (C=O) groups is 3. The van der Waals surface area contributed by atoms with Gasteiger partial charge in [0.25, 0.3) is 0 Å². The van der Waals surface area contributed by atoms with Crippen LogP contribution < -0.4 is 0 Å². The molecule has 0 spiro atoms. The summed E-state index contributed by atoms with van der Waals surface area (Å²) in [5, 5.41) is 0. The Morgan fingerprint density at radius 1 is 1.35 bits per heavy atom. The molecule has 5 nitrogen and oxygen atoms in total. The van der Waals surface area contributed by atoms with E-state index in [4.69, 9.17) is 4.74 Å². The predicted octanol–water partition coefficient (Wildman–Crippen LogP) is 1.75. The van der Waals surface area contributed by atoms with E-state index in [0.717, 1.165) is 12.8 Å². The van der Waals surface area contributed by atoms with E-state index in [-0.39, 0.29) is 55.1 Å². The molecule has 2 fully saturated rings. The number of imide groups is 1. The quantitative estimate of drug-likeness (QED) is 0.549. The number of hydrogen-bond acceptors (Lipinski definition) is 4. The molecule has 2 atom stereocenters. The van der Waals surface area contributed by atoms with Crippen molar-refractivity contribution in [2.75, 3.05) is 13.2 Å². The smallest absolute Gasteiger partial charge is 0.309 e. The molecule has 0 aromatic heterocycles. The SMILES string of the molecule is CCC1(C(C)C)CC1C(=O)OCCN1C(=O)CCC1=O. The zero-order chi connectivity index (χ0) is 14.9. The highest BCUT2D eigenvalue weighted by Crippen LogP contribution is 2.60. The van der Waals surface area contributed by atoms with Crippen molar-refractivity contribution in [2.24, 2.45) is 17.3 Å². The molecular weight excluding hydrogens is 258 g/mol. The predicted molar refractivity (Wildman–Crippen MR) is 72.6 cm³/mol. The summed E-state index contributed by atoms with van der Waals surface area (Å²) in [5.74, 6) is -0.0611. The highest BCUT2D eigenvalue weighted by atomic mass is 16.5. The number of nitrogens with zero attached hydrogens (tertiary/aromatic N) is 1. The van der Waals surface area contributed by atoms with Crippen LogP contribution in [0.5, 0.6) is 0 Å². The van der Waals surface area contributed by atoms with Gasteiger partial charge in [-0.1, -0.05) is 20.8 Å². The second kappa shape index (κ2) is 5.54. The van der Waals surface area contributed by atoms with Gasteiger partial charge in [0.15, 0.2) is 0 Å². The molecule has 0 bridgehead atoms. The van der Waals surface area contributed by atoms with Gasteiger partial charge in [-0.3, -0.25) is 19.3 Å². The van der Waals surface area contributed by atoms with Crippen LogP contribution in [0.25, 0.3) is 0 Å². The van der Waals surface area contributed by atoms with Crippen LogP contribution >= 0.6 is 0 Å². The van der Waals surface area contributed by atoms with E-state index >= 15 is 0 Å². The molecule has 5 heteroatoms. The van der Waals surface area contributed by atoms with E-state index in [1.54, 1.807) is 0 Å². The lowest BCUT2D eigenvalue weighted by molar-refractivity contribution is -0.150. The van der Waals surface area contributed by atoms with Gasteiger partial charge < -0.3 is 4.74 Å². The minimum atomic E-state index is -0.181. The molecule has 20 heavy (non-hydrogen) atoms. The summed E-state index contributed by atoms with van der Waals surface area (Å²) in [7, 11) is 0. The molecule has 2 unspecified atom stereocenters. The number of rotatable bonds is 6. The highest BCUT2D eigenvalue weighted by molar-refractivity contribution is 6.01. The van der Waals surface area contributed by atoms with E-state index in [2.05, 4.69) is 20.8 Å². The van der Waals surface area contributed by atoms with E-state index in [1.807, 2.05) is 0 Å². The molecule has 0 aromatic carbocycles. The number of ether oxygens (including phenoxy) is 1. The first-order valence-electron chi connectivity index (χ1n) is 7.42. The average molecular weight is 281 g/mol. The highest BCUT2D eigenvalue weighted by Gasteiger charge is 2.59. The first-order chi connectivity index (χ1) is 9.42. The first kappa shape index (κ1) is 15.0. The van der Waals surface area contributed by atoms with Crippen molar-refractivity contribution in [3.8, 4) is 0 Å². The van der Waals surface area contributed by atoms with Crippen LogP contribution in [0.3, 0.4) is 0 Å². The third kappa shape index (κ3) is 2.58. The first-order valence-corrected chi connectivity index (χ1v) is 7.42. The second-order valence-electron chi connectivity index (χ2n) is 6.10. The van der Waals surface area contributed by atoms with Crippen LogP contribution in [0.2, 0.25) is 0 Å². The fraction of sp³-hybridized carbons (Fsp3) is 0.800. The zero-order valence-electron chi connectivity index (χ0n) is 12.5. The van der Waals surface area contributed by atoms with Crippen molar-refractivity contribution in [3.05, 3.63) is 0 Å². The van der Waals surface area contributed by atoms with Crippen molar-refractivity contribution in [1.82, 2.24) is 4.90 Å². The van der Waals surface area contributed by atoms with Crippen LogP contribution in [0.4, 0.5) is 0 Å². The lowest BCUT2D eigenvalue weighted by Crippen LogP contribution is -2.33. The fourth-order valence-corrected chi connectivity index (χ4v) is 3.29. The van der Waals surface area contributed by atoms with E-state index in [9.17, 15) is 14.4 Å². The third-order valence-electron chi connectivity index (χ3n) is 4.92. The fourth-order valence-electron chi connectivity index (χ4n) is 3.29. The number of amides is 2. The third-order valence-corrected chi connectivity index (χ3v) is 4.92. The summed E-state index contributed by atoms with van der Waals surface area (Å²) >= 11 is 0. The van der Waals surface area contributed by atoms with Gasteiger partial charge >= 0.3 is 5.97 Å². The second-order valence-corrected chi connectivity index (χ2v) is 6.10. The van der Waals surface area contributed by atoms with Crippen LogP contribution in [-0.2, 0) is 19.1 Å². The van der Waals surface area contributed by atoms with Gasteiger partial charge in [-0.25, -0.2) is 0 Å². The topological polar surface area (TPSA) is 63.7 Å². The molecule has 1 aliphatic carbocycles. The Kier molecular flexibility index (Phi) is 4.16. The molecule has 0 N–H and O–H groups in total.